The van der Waals surface area contributed by atoms with E-state index in [1.54, 1.807) is 6.20 Å². The van der Waals surface area contributed by atoms with E-state index in [-0.39, 0.29) is 29.5 Å². The Morgan fingerprint density at radius 1 is 1.17 bits per heavy atom. The Balaban J connectivity index is 1.74. The average molecular weight is 418 g/mol. The third-order valence-corrected chi connectivity index (χ3v) is 6.88. The lowest BCUT2D eigenvalue weighted by Crippen LogP contribution is -2.56. The van der Waals surface area contributed by atoms with Gasteiger partial charge < -0.3 is 25.9 Å². The molecule has 0 aromatic carbocycles. The van der Waals surface area contributed by atoms with Gasteiger partial charge in [-0.3, -0.25) is 4.79 Å². The summed E-state index contributed by atoms with van der Waals surface area (Å²) < 4.78 is 5.88. The van der Waals surface area contributed by atoms with Crippen molar-refractivity contribution < 1.29 is 14.6 Å². The third kappa shape index (κ3) is 5.45. The van der Waals surface area contributed by atoms with E-state index in [0.717, 1.165) is 18.1 Å². The molecule has 4 rings (SSSR count). The Kier molecular flexibility index (Phi) is 7.27. The molecule has 0 radical (unpaired) electrons. The molecule has 0 saturated heterocycles. The van der Waals surface area contributed by atoms with Crippen LogP contribution in [-0.4, -0.2) is 36.5 Å². The molecular weight excluding hydrogens is 378 g/mol. The van der Waals surface area contributed by atoms with Crippen molar-refractivity contribution in [3.63, 3.8) is 0 Å². The van der Waals surface area contributed by atoms with Crippen LogP contribution in [-0.2, 0) is 9.53 Å². The number of amides is 1. The van der Waals surface area contributed by atoms with E-state index in [1.807, 2.05) is 33.8 Å². The molecule has 0 unspecified atom stereocenters. The number of aliphatic hydroxyl groups excluding tert-OH is 1. The first-order valence-corrected chi connectivity index (χ1v) is 11.5. The molecule has 0 atom stereocenters. The maximum Gasteiger partial charge on any atom is 0.258 e. The minimum Gasteiger partial charge on any atom is -0.478 e. The Morgan fingerprint density at radius 3 is 2.27 bits per heavy atom. The van der Waals surface area contributed by atoms with Gasteiger partial charge in [0, 0.05) is 23.9 Å². The van der Waals surface area contributed by atoms with E-state index in [9.17, 15) is 9.90 Å². The largest absolute Gasteiger partial charge is 0.478 e. The maximum atomic E-state index is 13.2. The van der Waals surface area contributed by atoms with Crippen molar-refractivity contribution in [1.82, 2.24) is 10.6 Å². The maximum absolute atomic E-state index is 13.2. The minimum atomic E-state index is -0.385. The van der Waals surface area contributed by atoms with Crippen LogP contribution in [0, 0.1) is 40.4 Å². The van der Waals surface area contributed by atoms with Gasteiger partial charge in [0.25, 0.3) is 5.91 Å². The Hall–Kier alpha value is -1.82. The fourth-order valence-corrected chi connectivity index (χ4v) is 5.47. The fourth-order valence-electron chi connectivity index (χ4n) is 5.47. The lowest BCUT2D eigenvalue weighted by atomic mass is 9.54. The van der Waals surface area contributed by atoms with E-state index < -0.39 is 0 Å². The molecule has 6 nitrogen and oxygen atoms in total. The van der Waals surface area contributed by atoms with Gasteiger partial charge in [0.2, 0.25) is 5.88 Å². The smallest absolute Gasteiger partial charge is 0.258 e. The van der Waals surface area contributed by atoms with E-state index in [4.69, 9.17) is 10.1 Å². The summed E-state index contributed by atoms with van der Waals surface area (Å²) in [5, 5.41) is 23.6. The molecule has 30 heavy (non-hydrogen) atoms. The second kappa shape index (κ2) is 9.54. The topological polar surface area (TPSA) is 94.4 Å². The molecule has 0 heterocycles. The van der Waals surface area contributed by atoms with Gasteiger partial charge in [0.15, 0.2) is 0 Å². The standard InChI is InChI=1S/C24H39N3O3/c1-15(2)13-30-23(26-6-5-24(3,4)14-28)20(12-25)22(29)27-21-18-8-16-7-17(10-18)11-19(21)9-16/h5-6,12,15-19,21,25-26,28H,7-11,13-14H2,1-4H3,(H,27,29)/b6-5+,23-20-,25-12?. The lowest BCUT2D eigenvalue weighted by Gasteiger charge is -2.54. The number of hydrogen-bond donors (Lipinski definition) is 4. The SMILES string of the molecule is CC(C)CO/C(N/C=C/C(C)(C)CO)=C(/C=N)C(=O)NC1C2CC3CC(C2)CC1C3. The Bertz CT molecular complexity index is 668. The van der Waals surface area contributed by atoms with E-state index in [2.05, 4.69) is 10.6 Å². The zero-order valence-corrected chi connectivity index (χ0v) is 18.9. The van der Waals surface area contributed by atoms with Gasteiger partial charge in [-0.25, -0.2) is 0 Å². The highest BCUT2D eigenvalue weighted by Gasteiger charge is 2.48. The summed E-state index contributed by atoms with van der Waals surface area (Å²) in [4.78, 5) is 13.2. The van der Waals surface area contributed by atoms with Crippen LogP contribution in [0.4, 0.5) is 0 Å². The van der Waals surface area contributed by atoms with E-state index in [1.165, 1.54) is 32.1 Å². The summed E-state index contributed by atoms with van der Waals surface area (Å²) in [5.41, 5.74) is -0.167. The van der Waals surface area contributed by atoms with Crippen molar-refractivity contribution >= 4 is 12.1 Å². The Morgan fingerprint density at radius 2 is 1.77 bits per heavy atom. The fraction of sp³-hybridized carbons (Fsp3) is 0.750. The van der Waals surface area contributed by atoms with Gasteiger partial charge in [-0.05, 0) is 61.7 Å². The number of nitrogens with one attached hydrogen (secondary N) is 3. The summed E-state index contributed by atoms with van der Waals surface area (Å²) in [7, 11) is 0. The normalized spacial score (nSPS) is 31.1. The number of aliphatic hydroxyl groups is 1. The second-order valence-corrected chi connectivity index (χ2v) is 10.6. The van der Waals surface area contributed by atoms with Gasteiger partial charge in [0.1, 0.15) is 5.57 Å². The van der Waals surface area contributed by atoms with Crippen molar-refractivity contribution in [2.75, 3.05) is 13.2 Å². The van der Waals surface area contributed by atoms with Crippen molar-refractivity contribution in [1.29, 1.82) is 5.41 Å². The quantitative estimate of drug-likeness (QED) is 0.248. The average Bonchev–Trinajstić information content (AvgIpc) is 2.68. The summed E-state index contributed by atoms with van der Waals surface area (Å²) in [5.74, 6) is 3.22. The van der Waals surface area contributed by atoms with Crippen LogP contribution in [0.3, 0.4) is 0 Å². The zero-order chi connectivity index (χ0) is 21.9. The predicted octanol–water partition coefficient (Wildman–Crippen LogP) is 3.58. The molecule has 0 aliphatic heterocycles. The van der Waals surface area contributed by atoms with Gasteiger partial charge in [-0.1, -0.05) is 33.8 Å². The molecule has 4 bridgehead atoms. The zero-order valence-electron chi connectivity index (χ0n) is 18.9. The molecule has 0 aromatic heterocycles. The monoisotopic (exact) mass is 417 g/mol. The predicted molar refractivity (Wildman–Crippen MR) is 119 cm³/mol. The molecule has 1 amide bonds. The minimum absolute atomic E-state index is 0.0153. The molecule has 6 heteroatoms. The molecule has 168 valence electrons. The summed E-state index contributed by atoms with van der Waals surface area (Å²) in [6.45, 7) is 8.38. The second-order valence-electron chi connectivity index (χ2n) is 10.6. The van der Waals surface area contributed by atoms with Crippen molar-refractivity contribution in [2.24, 2.45) is 35.0 Å². The van der Waals surface area contributed by atoms with Crippen LogP contribution < -0.4 is 10.6 Å². The lowest BCUT2D eigenvalue weighted by molar-refractivity contribution is -0.121. The molecule has 0 aromatic rings. The summed E-state index contributed by atoms with van der Waals surface area (Å²) in [6.07, 6.45) is 10.9. The highest BCUT2D eigenvalue weighted by molar-refractivity contribution is 6.11. The van der Waals surface area contributed by atoms with Crippen LogP contribution in [0.5, 0.6) is 0 Å². The van der Waals surface area contributed by atoms with E-state index >= 15 is 0 Å². The van der Waals surface area contributed by atoms with Crippen LogP contribution in [0.15, 0.2) is 23.7 Å². The number of hydrogen-bond acceptors (Lipinski definition) is 5. The third-order valence-electron chi connectivity index (χ3n) is 6.88. The van der Waals surface area contributed by atoms with Crippen molar-refractivity contribution in [2.45, 2.75) is 65.8 Å². The van der Waals surface area contributed by atoms with E-state index in [0.29, 0.717) is 30.2 Å². The van der Waals surface area contributed by atoms with Gasteiger partial charge in [-0.15, -0.1) is 0 Å². The molecule has 4 fully saturated rings. The molecule has 4 N–H and O–H groups in total. The number of rotatable bonds is 10. The Labute approximate surface area is 181 Å². The summed E-state index contributed by atoms with van der Waals surface area (Å²) in [6, 6.07) is 0.218. The number of ether oxygens (including phenoxy) is 1. The summed E-state index contributed by atoms with van der Waals surface area (Å²) >= 11 is 0. The molecule has 4 saturated carbocycles. The number of carbonyl (C=O) groups is 1. The number of carbonyl (C=O) groups excluding carboxylic acids is 1. The first kappa shape index (κ1) is 22.9. The van der Waals surface area contributed by atoms with Crippen LogP contribution in [0.25, 0.3) is 0 Å². The molecule has 4 aliphatic carbocycles. The van der Waals surface area contributed by atoms with Crippen LogP contribution in [0.2, 0.25) is 0 Å². The van der Waals surface area contributed by atoms with Gasteiger partial charge in [-0.2, -0.15) is 0 Å². The molecule has 4 aliphatic rings. The van der Waals surface area contributed by atoms with Crippen molar-refractivity contribution in [3.05, 3.63) is 23.7 Å². The first-order valence-electron chi connectivity index (χ1n) is 11.5. The van der Waals surface area contributed by atoms with Crippen molar-refractivity contribution in [3.8, 4) is 0 Å². The molecular formula is C24H39N3O3. The van der Waals surface area contributed by atoms with Gasteiger partial charge >= 0.3 is 0 Å². The van der Waals surface area contributed by atoms with Crippen LogP contribution in [0.1, 0.15) is 59.8 Å². The van der Waals surface area contributed by atoms with Crippen LogP contribution >= 0.6 is 0 Å². The van der Waals surface area contributed by atoms with Gasteiger partial charge in [0.05, 0.1) is 13.2 Å². The highest BCUT2D eigenvalue weighted by atomic mass is 16.5. The highest BCUT2D eigenvalue weighted by Crippen LogP contribution is 2.53. The first-order chi connectivity index (χ1) is 14.2. The molecule has 0 spiro atoms.